The highest BCUT2D eigenvalue weighted by molar-refractivity contribution is 14.1. The summed E-state index contributed by atoms with van der Waals surface area (Å²) in [7, 11) is 0. The summed E-state index contributed by atoms with van der Waals surface area (Å²) in [5.74, 6) is 0.689. The minimum absolute atomic E-state index is 0.0122. The van der Waals surface area contributed by atoms with Crippen LogP contribution in [0.4, 0.5) is 4.79 Å². The number of piperidine rings is 1. The SMILES string of the molecule is N#Cc1cc(I)ccc1OC[C@@H]1CN(C(=O)O)CC[C@H]1c1ccc(Cl)cc1. The van der Waals surface area contributed by atoms with E-state index in [1.807, 2.05) is 30.3 Å². The van der Waals surface area contributed by atoms with Crippen molar-refractivity contribution >= 4 is 40.3 Å². The molecule has 0 aliphatic carbocycles. The fourth-order valence-electron chi connectivity index (χ4n) is 3.44. The molecule has 0 saturated carbocycles. The van der Waals surface area contributed by atoms with E-state index in [0.29, 0.717) is 36.0 Å². The zero-order valence-corrected chi connectivity index (χ0v) is 17.4. The molecule has 0 unspecified atom stereocenters. The number of halogens is 2. The number of ether oxygens (including phenoxy) is 1. The summed E-state index contributed by atoms with van der Waals surface area (Å²) < 4.78 is 6.92. The first-order valence-corrected chi connectivity index (χ1v) is 9.99. The van der Waals surface area contributed by atoms with E-state index in [1.54, 1.807) is 12.1 Å². The smallest absolute Gasteiger partial charge is 0.407 e. The minimum Gasteiger partial charge on any atom is -0.492 e. The van der Waals surface area contributed by atoms with Gasteiger partial charge in [-0.2, -0.15) is 5.26 Å². The van der Waals surface area contributed by atoms with Gasteiger partial charge < -0.3 is 14.7 Å². The van der Waals surface area contributed by atoms with Gasteiger partial charge in [-0.1, -0.05) is 23.7 Å². The van der Waals surface area contributed by atoms with E-state index in [4.69, 9.17) is 16.3 Å². The molecule has 2 atom stereocenters. The van der Waals surface area contributed by atoms with Crippen molar-refractivity contribution in [3.8, 4) is 11.8 Å². The Morgan fingerprint density at radius 1 is 1.33 bits per heavy atom. The van der Waals surface area contributed by atoms with Gasteiger partial charge in [0.05, 0.1) is 12.2 Å². The summed E-state index contributed by atoms with van der Waals surface area (Å²) >= 11 is 8.15. The van der Waals surface area contributed by atoms with Crippen LogP contribution in [0.2, 0.25) is 5.02 Å². The van der Waals surface area contributed by atoms with Gasteiger partial charge in [0.15, 0.2) is 0 Å². The lowest BCUT2D eigenvalue weighted by Gasteiger charge is -2.37. The lowest BCUT2D eigenvalue weighted by molar-refractivity contribution is 0.0937. The molecular weight excluding hydrogens is 479 g/mol. The fraction of sp³-hybridized carbons (Fsp3) is 0.300. The van der Waals surface area contributed by atoms with Crippen LogP contribution in [-0.2, 0) is 0 Å². The van der Waals surface area contributed by atoms with E-state index >= 15 is 0 Å². The average Bonchev–Trinajstić information content (AvgIpc) is 2.67. The summed E-state index contributed by atoms with van der Waals surface area (Å²) in [6.45, 7) is 1.23. The van der Waals surface area contributed by atoms with Crippen molar-refractivity contribution in [1.82, 2.24) is 4.90 Å². The van der Waals surface area contributed by atoms with E-state index in [0.717, 1.165) is 15.6 Å². The topological polar surface area (TPSA) is 73.6 Å². The Kier molecular flexibility index (Phi) is 6.45. The molecule has 1 amide bonds. The van der Waals surface area contributed by atoms with Gasteiger partial charge in [0.1, 0.15) is 11.8 Å². The third kappa shape index (κ3) is 4.85. The van der Waals surface area contributed by atoms with Gasteiger partial charge in [-0.15, -0.1) is 0 Å². The normalized spacial score (nSPS) is 19.4. The van der Waals surface area contributed by atoms with E-state index in [9.17, 15) is 15.2 Å². The molecule has 1 saturated heterocycles. The molecule has 27 heavy (non-hydrogen) atoms. The molecule has 1 N–H and O–H groups in total. The molecule has 0 radical (unpaired) electrons. The zero-order valence-electron chi connectivity index (χ0n) is 14.4. The Labute approximate surface area is 176 Å². The standard InChI is InChI=1S/C20H18ClIN2O3/c21-16-3-1-13(2-4-16)18-7-8-24(20(25)26)11-15(18)12-27-19-6-5-17(22)9-14(19)10-23/h1-6,9,15,18H,7-8,11-12H2,(H,25,26)/t15-,18-/m0/s1. The summed E-state index contributed by atoms with van der Waals surface area (Å²) in [6.07, 6.45) is -0.193. The molecule has 0 bridgehead atoms. The van der Waals surface area contributed by atoms with Crippen LogP contribution in [-0.4, -0.2) is 35.8 Å². The van der Waals surface area contributed by atoms with Crippen LogP contribution >= 0.6 is 34.2 Å². The first-order valence-electron chi connectivity index (χ1n) is 8.53. The monoisotopic (exact) mass is 496 g/mol. The van der Waals surface area contributed by atoms with Crippen molar-refractivity contribution in [2.24, 2.45) is 5.92 Å². The molecule has 5 nitrogen and oxygen atoms in total. The number of amides is 1. The first kappa shape index (κ1) is 19.8. The van der Waals surface area contributed by atoms with Gasteiger partial charge in [0.2, 0.25) is 0 Å². The number of rotatable bonds is 4. The van der Waals surface area contributed by atoms with Crippen LogP contribution in [0, 0.1) is 20.8 Å². The van der Waals surface area contributed by atoms with Crippen LogP contribution in [0.1, 0.15) is 23.5 Å². The number of hydrogen-bond acceptors (Lipinski definition) is 3. The number of likely N-dealkylation sites (tertiary alicyclic amines) is 1. The van der Waals surface area contributed by atoms with Crippen molar-refractivity contribution < 1.29 is 14.6 Å². The van der Waals surface area contributed by atoms with Crippen LogP contribution in [0.3, 0.4) is 0 Å². The summed E-state index contributed by atoms with van der Waals surface area (Å²) in [4.78, 5) is 12.9. The summed E-state index contributed by atoms with van der Waals surface area (Å²) in [5.41, 5.74) is 1.61. The summed E-state index contributed by atoms with van der Waals surface area (Å²) in [6, 6.07) is 15.3. The van der Waals surface area contributed by atoms with E-state index in [-0.39, 0.29) is 11.8 Å². The molecule has 0 aromatic heterocycles. The quantitative estimate of drug-likeness (QED) is 0.606. The fourth-order valence-corrected chi connectivity index (χ4v) is 4.05. The van der Waals surface area contributed by atoms with Gasteiger partial charge in [0.25, 0.3) is 0 Å². The van der Waals surface area contributed by atoms with Crippen LogP contribution in [0.5, 0.6) is 5.75 Å². The number of carbonyl (C=O) groups is 1. The lowest BCUT2D eigenvalue weighted by Crippen LogP contribution is -2.44. The predicted molar refractivity (Wildman–Crippen MR) is 111 cm³/mol. The molecular formula is C20H18ClIN2O3. The van der Waals surface area contributed by atoms with E-state index < -0.39 is 6.09 Å². The molecule has 140 valence electrons. The Bertz CT molecular complexity index is 867. The average molecular weight is 497 g/mol. The van der Waals surface area contributed by atoms with Crippen LogP contribution < -0.4 is 4.74 Å². The van der Waals surface area contributed by atoms with Crippen molar-refractivity contribution in [3.63, 3.8) is 0 Å². The van der Waals surface area contributed by atoms with Gasteiger partial charge in [0, 0.05) is 27.6 Å². The van der Waals surface area contributed by atoms with Gasteiger partial charge in [-0.05, 0) is 70.8 Å². The van der Waals surface area contributed by atoms with Crippen molar-refractivity contribution in [2.45, 2.75) is 12.3 Å². The van der Waals surface area contributed by atoms with Gasteiger partial charge in [-0.25, -0.2) is 4.79 Å². The predicted octanol–water partition coefficient (Wildman–Crippen LogP) is 4.98. The number of benzene rings is 2. The Morgan fingerprint density at radius 3 is 2.74 bits per heavy atom. The third-order valence-electron chi connectivity index (χ3n) is 4.82. The van der Waals surface area contributed by atoms with Crippen molar-refractivity contribution in [2.75, 3.05) is 19.7 Å². The third-order valence-corrected chi connectivity index (χ3v) is 5.74. The van der Waals surface area contributed by atoms with Crippen LogP contribution in [0.15, 0.2) is 42.5 Å². The van der Waals surface area contributed by atoms with E-state index in [1.165, 1.54) is 4.90 Å². The van der Waals surface area contributed by atoms with Crippen molar-refractivity contribution in [3.05, 3.63) is 62.2 Å². The first-order chi connectivity index (χ1) is 13.0. The Morgan fingerprint density at radius 2 is 2.07 bits per heavy atom. The molecule has 1 heterocycles. The van der Waals surface area contributed by atoms with E-state index in [2.05, 4.69) is 28.7 Å². The van der Waals surface area contributed by atoms with Crippen molar-refractivity contribution in [1.29, 1.82) is 5.26 Å². The largest absolute Gasteiger partial charge is 0.492 e. The second-order valence-electron chi connectivity index (χ2n) is 6.50. The Hall–Kier alpha value is -1.98. The molecule has 1 aliphatic heterocycles. The second kappa shape index (κ2) is 8.81. The van der Waals surface area contributed by atoms with Crippen LogP contribution in [0.25, 0.3) is 0 Å². The number of hydrogen-bond donors (Lipinski definition) is 1. The molecule has 1 aliphatic rings. The summed E-state index contributed by atoms with van der Waals surface area (Å²) in [5, 5.41) is 19.4. The molecule has 2 aromatic carbocycles. The Balaban J connectivity index is 1.80. The molecule has 3 rings (SSSR count). The maximum Gasteiger partial charge on any atom is 0.407 e. The second-order valence-corrected chi connectivity index (χ2v) is 8.18. The highest BCUT2D eigenvalue weighted by Crippen LogP contribution is 2.34. The molecule has 2 aromatic rings. The number of carboxylic acid groups (broad SMARTS) is 1. The maximum atomic E-state index is 11.4. The number of nitrogens with zero attached hydrogens (tertiary/aromatic N) is 2. The lowest BCUT2D eigenvalue weighted by atomic mass is 9.81. The molecule has 1 fully saturated rings. The highest BCUT2D eigenvalue weighted by Gasteiger charge is 2.33. The minimum atomic E-state index is -0.915. The van der Waals surface area contributed by atoms with Gasteiger partial charge in [-0.3, -0.25) is 0 Å². The number of nitriles is 1. The maximum absolute atomic E-state index is 11.4. The zero-order chi connectivity index (χ0) is 19.4. The van der Waals surface area contributed by atoms with Gasteiger partial charge >= 0.3 is 6.09 Å². The molecule has 7 heteroatoms. The molecule has 0 spiro atoms. The highest BCUT2D eigenvalue weighted by atomic mass is 127.